The molecule has 0 aliphatic carbocycles. The van der Waals surface area contributed by atoms with Gasteiger partial charge in [-0.15, -0.1) is 0 Å². The molecule has 4 nitrogen and oxygen atoms in total. The van der Waals surface area contributed by atoms with E-state index in [1.54, 1.807) is 0 Å². The summed E-state index contributed by atoms with van der Waals surface area (Å²) in [5.74, 6) is 0.531. The molecule has 0 bridgehead atoms. The van der Waals surface area contributed by atoms with E-state index in [2.05, 4.69) is 53.2 Å². The molecule has 0 saturated heterocycles. The molecule has 5 rings (SSSR count). The number of rotatable bonds is 5. The van der Waals surface area contributed by atoms with Gasteiger partial charge in [-0.3, -0.25) is 9.36 Å². The van der Waals surface area contributed by atoms with Crippen molar-refractivity contribution in [1.29, 1.82) is 0 Å². The number of carbonyl (C=O) groups excluding carboxylic acids is 1. The van der Waals surface area contributed by atoms with Crippen molar-refractivity contribution in [1.82, 2.24) is 14.5 Å². The second kappa shape index (κ2) is 8.82. The van der Waals surface area contributed by atoms with Gasteiger partial charge in [0.15, 0.2) is 5.16 Å². The number of imidazole rings is 1. The average molecular weight is 426 g/mol. The standard InChI is InChI=1S/C26H23N3OS/c30-25(28-16-15-20-9-7-8-12-22(20)17-28)19-31-26-27-24(21-10-3-1-4-11-21)18-29(26)23-13-5-2-6-14-23/h1-14,18H,15-17,19H2. The smallest absolute Gasteiger partial charge is 0.233 e. The molecule has 1 aromatic heterocycles. The van der Waals surface area contributed by atoms with Crippen molar-refractivity contribution in [2.45, 2.75) is 18.1 Å². The van der Waals surface area contributed by atoms with Crippen molar-refractivity contribution in [3.05, 3.63) is 102 Å². The quantitative estimate of drug-likeness (QED) is 0.412. The fourth-order valence-electron chi connectivity index (χ4n) is 3.91. The lowest BCUT2D eigenvalue weighted by atomic mass is 10.00. The number of benzene rings is 3. The Morgan fingerprint density at radius 1 is 0.871 bits per heavy atom. The first kappa shape index (κ1) is 19.6. The molecule has 2 heterocycles. The van der Waals surface area contributed by atoms with Gasteiger partial charge in [-0.1, -0.05) is 84.6 Å². The molecule has 0 saturated carbocycles. The molecule has 0 unspecified atom stereocenters. The highest BCUT2D eigenvalue weighted by Gasteiger charge is 2.21. The Labute approximate surface area is 186 Å². The van der Waals surface area contributed by atoms with Gasteiger partial charge in [0.1, 0.15) is 0 Å². The van der Waals surface area contributed by atoms with Gasteiger partial charge in [0.2, 0.25) is 5.91 Å². The summed E-state index contributed by atoms with van der Waals surface area (Å²) in [5.41, 5.74) is 5.62. The van der Waals surface area contributed by atoms with Gasteiger partial charge in [0.25, 0.3) is 0 Å². The summed E-state index contributed by atoms with van der Waals surface area (Å²) in [6.45, 7) is 1.47. The third-order valence-electron chi connectivity index (χ3n) is 5.59. The number of hydrogen-bond donors (Lipinski definition) is 0. The van der Waals surface area contributed by atoms with Crippen LogP contribution < -0.4 is 0 Å². The van der Waals surface area contributed by atoms with E-state index in [4.69, 9.17) is 4.98 Å². The van der Waals surface area contributed by atoms with E-state index in [0.717, 1.165) is 35.1 Å². The Balaban J connectivity index is 1.36. The number of aromatic nitrogens is 2. The summed E-state index contributed by atoms with van der Waals surface area (Å²) < 4.78 is 2.08. The van der Waals surface area contributed by atoms with E-state index >= 15 is 0 Å². The molecule has 4 aromatic rings. The number of para-hydroxylation sites is 1. The predicted octanol–water partition coefficient (Wildman–Crippen LogP) is 5.22. The Kier molecular flexibility index (Phi) is 5.59. The Hall–Kier alpha value is -3.31. The van der Waals surface area contributed by atoms with Crippen LogP contribution in [0.5, 0.6) is 0 Å². The lowest BCUT2D eigenvalue weighted by molar-refractivity contribution is -0.129. The number of thioether (sulfide) groups is 1. The maximum absolute atomic E-state index is 13.0. The van der Waals surface area contributed by atoms with Crippen LogP contribution in [0.4, 0.5) is 0 Å². The zero-order chi connectivity index (χ0) is 21.0. The fourth-order valence-corrected chi connectivity index (χ4v) is 4.81. The third kappa shape index (κ3) is 4.28. The minimum absolute atomic E-state index is 0.156. The maximum atomic E-state index is 13.0. The van der Waals surface area contributed by atoms with E-state index in [0.29, 0.717) is 12.3 Å². The van der Waals surface area contributed by atoms with Crippen LogP contribution in [0, 0.1) is 0 Å². The van der Waals surface area contributed by atoms with Crippen molar-refractivity contribution in [2.75, 3.05) is 12.3 Å². The van der Waals surface area contributed by atoms with Gasteiger partial charge in [0.05, 0.1) is 11.4 Å². The van der Waals surface area contributed by atoms with E-state index in [1.807, 2.05) is 47.4 Å². The molecule has 31 heavy (non-hydrogen) atoms. The summed E-state index contributed by atoms with van der Waals surface area (Å²) in [6, 6.07) is 28.7. The van der Waals surface area contributed by atoms with Crippen LogP contribution in [-0.2, 0) is 17.8 Å². The average Bonchev–Trinajstić information content (AvgIpc) is 3.28. The normalized spacial score (nSPS) is 13.1. The first-order valence-corrected chi connectivity index (χ1v) is 11.4. The molecular formula is C26H23N3OS. The lowest BCUT2D eigenvalue weighted by Crippen LogP contribution is -2.37. The highest BCUT2D eigenvalue weighted by Crippen LogP contribution is 2.28. The minimum atomic E-state index is 0.156. The molecule has 3 aromatic carbocycles. The van der Waals surface area contributed by atoms with Gasteiger partial charge in [-0.2, -0.15) is 0 Å². The van der Waals surface area contributed by atoms with Crippen molar-refractivity contribution in [3.63, 3.8) is 0 Å². The minimum Gasteiger partial charge on any atom is -0.337 e. The number of fused-ring (bicyclic) bond motifs is 1. The molecule has 0 radical (unpaired) electrons. The van der Waals surface area contributed by atoms with Crippen LogP contribution in [0.15, 0.2) is 96.3 Å². The van der Waals surface area contributed by atoms with Gasteiger partial charge >= 0.3 is 0 Å². The van der Waals surface area contributed by atoms with Gasteiger partial charge in [-0.05, 0) is 29.7 Å². The maximum Gasteiger partial charge on any atom is 0.233 e. The number of nitrogens with zero attached hydrogens (tertiary/aromatic N) is 3. The fraction of sp³-hybridized carbons (Fsp3) is 0.154. The SMILES string of the molecule is O=C(CSc1nc(-c2ccccc2)cn1-c1ccccc1)N1CCc2ccccc2C1. The first-order chi connectivity index (χ1) is 15.3. The molecule has 154 valence electrons. The first-order valence-electron chi connectivity index (χ1n) is 10.5. The highest BCUT2D eigenvalue weighted by molar-refractivity contribution is 7.99. The van der Waals surface area contributed by atoms with Gasteiger partial charge in [-0.25, -0.2) is 4.98 Å². The zero-order valence-electron chi connectivity index (χ0n) is 17.1. The van der Waals surface area contributed by atoms with Gasteiger partial charge in [0, 0.05) is 30.5 Å². The van der Waals surface area contributed by atoms with E-state index < -0.39 is 0 Å². The molecule has 1 aliphatic rings. The Morgan fingerprint density at radius 2 is 1.55 bits per heavy atom. The highest BCUT2D eigenvalue weighted by atomic mass is 32.2. The molecule has 1 aliphatic heterocycles. The molecule has 0 fully saturated rings. The molecule has 0 spiro atoms. The number of amides is 1. The van der Waals surface area contributed by atoms with Crippen LogP contribution in [0.25, 0.3) is 16.9 Å². The molecule has 5 heteroatoms. The molecular weight excluding hydrogens is 402 g/mol. The van der Waals surface area contributed by atoms with E-state index in [-0.39, 0.29) is 5.91 Å². The summed E-state index contributed by atoms with van der Waals surface area (Å²) >= 11 is 1.50. The van der Waals surface area contributed by atoms with Crippen LogP contribution in [0.1, 0.15) is 11.1 Å². The second-order valence-electron chi connectivity index (χ2n) is 7.60. The molecule has 0 N–H and O–H groups in total. The van der Waals surface area contributed by atoms with E-state index in [1.165, 1.54) is 22.9 Å². The van der Waals surface area contributed by atoms with Gasteiger partial charge < -0.3 is 4.90 Å². The second-order valence-corrected chi connectivity index (χ2v) is 8.55. The largest absolute Gasteiger partial charge is 0.337 e. The number of hydrogen-bond acceptors (Lipinski definition) is 3. The van der Waals surface area contributed by atoms with Crippen molar-refractivity contribution < 1.29 is 4.79 Å². The van der Waals surface area contributed by atoms with Crippen molar-refractivity contribution in [2.24, 2.45) is 0 Å². The summed E-state index contributed by atoms with van der Waals surface area (Å²) in [6.07, 6.45) is 2.97. The topological polar surface area (TPSA) is 38.1 Å². The van der Waals surface area contributed by atoms with E-state index in [9.17, 15) is 4.79 Å². The summed E-state index contributed by atoms with van der Waals surface area (Å²) in [7, 11) is 0. The third-order valence-corrected chi connectivity index (χ3v) is 6.52. The van der Waals surface area contributed by atoms with Crippen LogP contribution in [0.2, 0.25) is 0 Å². The summed E-state index contributed by atoms with van der Waals surface area (Å²) in [5, 5.41) is 0.829. The lowest BCUT2D eigenvalue weighted by Gasteiger charge is -2.28. The van der Waals surface area contributed by atoms with Crippen LogP contribution >= 0.6 is 11.8 Å². The zero-order valence-corrected chi connectivity index (χ0v) is 18.0. The van der Waals surface area contributed by atoms with Crippen molar-refractivity contribution in [3.8, 4) is 16.9 Å². The van der Waals surface area contributed by atoms with Crippen LogP contribution in [-0.4, -0.2) is 32.7 Å². The monoisotopic (exact) mass is 425 g/mol. The number of carbonyl (C=O) groups is 1. The molecule has 0 atom stereocenters. The predicted molar refractivity (Wildman–Crippen MR) is 125 cm³/mol. The Morgan fingerprint density at radius 3 is 2.32 bits per heavy atom. The Bertz CT molecular complexity index is 1190. The molecule has 1 amide bonds. The summed E-state index contributed by atoms with van der Waals surface area (Å²) in [4.78, 5) is 19.8. The van der Waals surface area contributed by atoms with Crippen molar-refractivity contribution >= 4 is 17.7 Å². The van der Waals surface area contributed by atoms with Crippen LogP contribution in [0.3, 0.4) is 0 Å².